The third-order valence-electron chi connectivity index (χ3n) is 5.10. The fourth-order valence-corrected chi connectivity index (χ4v) is 4.41. The van der Waals surface area contributed by atoms with Crippen LogP contribution in [0.15, 0.2) is 29.4 Å². The number of alkyl halides is 3. The van der Waals surface area contributed by atoms with E-state index in [9.17, 15) is 22.8 Å². The third-order valence-corrected chi connectivity index (χ3v) is 6.06. The first-order chi connectivity index (χ1) is 14.3. The number of carbonyl (C=O) groups is 2. The van der Waals surface area contributed by atoms with Gasteiger partial charge in [-0.2, -0.15) is 13.2 Å². The second-order valence-corrected chi connectivity index (χ2v) is 8.18. The van der Waals surface area contributed by atoms with E-state index in [1.54, 1.807) is 6.07 Å². The molecule has 0 spiro atoms. The SMILES string of the molecule is CCn1c(SCC(=O)N2c3ccccc3NC(=O)CC2C(F)(F)F)nnc1C1CC1. The number of fused-ring (bicyclic) bond motifs is 1. The molecule has 2 heterocycles. The zero-order valence-corrected chi connectivity index (χ0v) is 17.0. The van der Waals surface area contributed by atoms with E-state index in [2.05, 4.69) is 15.5 Å². The van der Waals surface area contributed by atoms with Gasteiger partial charge in [0.15, 0.2) is 5.16 Å². The van der Waals surface area contributed by atoms with E-state index in [4.69, 9.17) is 0 Å². The Morgan fingerprint density at radius 3 is 2.67 bits per heavy atom. The van der Waals surface area contributed by atoms with Crippen molar-refractivity contribution in [1.82, 2.24) is 14.8 Å². The van der Waals surface area contributed by atoms with Crippen molar-refractivity contribution < 1.29 is 22.8 Å². The minimum atomic E-state index is -4.75. The van der Waals surface area contributed by atoms with Crippen molar-refractivity contribution >= 4 is 35.0 Å². The van der Waals surface area contributed by atoms with Crippen LogP contribution in [0.2, 0.25) is 0 Å². The molecule has 1 unspecified atom stereocenters. The number of para-hydroxylation sites is 2. The molecular formula is C19H20F3N5O2S. The highest BCUT2D eigenvalue weighted by atomic mass is 32.2. The summed E-state index contributed by atoms with van der Waals surface area (Å²) in [7, 11) is 0. The molecular weight excluding hydrogens is 419 g/mol. The Kier molecular flexibility index (Phi) is 5.48. The summed E-state index contributed by atoms with van der Waals surface area (Å²) in [6, 6.07) is 3.78. The molecule has 1 fully saturated rings. The molecule has 0 saturated heterocycles. The summed E-state index contributed by atoms with van der Waals surface area (Å²) in [6.07, 6.45) is -3.52. The fraction of sp³-hybridized carbons (Fsp3) is 0.474. The van der Waals surface area contributed by atoms with Gasteiger partial charge in [-0.15, -0.1) is 10.2 Å². The van der Waals surface area contributed by atoms with Crippen molar-refractivity contribution in [3.8, 4) is 0 Å². The number of amides is 2. The van der Waals surface area contributed by atoms with Crippen LogP contribution in [0.1, 0.15) is 37.9 Å². The Balaban J connectivity index is 1.61. The second-order valence-electron chi connectivity index (χ2n) is 7.24. The normalized spacial score (nSPS) is 19.3. The van der Waals surface area contributed by atoms with E-state index >= 15 is 0 Å². The number of rotatable bonds is 5. The first-order valence-corrected chi connectivity index (χ1v) is 10.6. The van der Waals surface area contributed by atoms with Crippen LogP contribution in [0.25, 0.3) is 0 Å². The summed E-state index contributed by atoms with van der Waals surface area (Å²) >= 11 is 1.06. The summed E-state index contributed by atoms with van der Waals surface area (Å²) in [6.45, 7) is 2.55. The van der Waals surface area contributed by atoms with Gasteiger partial charge in [0, 0.05) is 12.5 Å². The summed E-state index contributed by atoms with van der Waals surface area (Å²) in [5.41, 5.74) is 0.215. The number of nitrogens with one attached hydrogen (secondary N) is 1. The molecule has 1 N–H and O–H groups in total. The first kappa shape index (κ1) is 20.7. The van der Waals surface area contributed by atoms with Gasteiger partial charge >= 0.3 is 6.18 Å². The molecule has 4 rings (SSSR count). The Morgan fingerprint density at radius 1 is 1.27 bits per heavy atom. The van der Waals surface area contributed by atoms with Crippen LogP contribution in [-0.2, 0) is 16.1 Å². The van der Waals surface area contributed by atoms with Crippen molar-refractivity contribution in [3.63, 3.8) is 0 Å². The van der Waals surface area contributed by atoms with Gasteiger partial charge in [-0.25, -0.2) is 0 Å². The topological polar surface area (TPSA) is 80.1 Å². The van der Waals surface area contributed by atoms with Crippen molar-refractivity contribution in [2.75, 3.05) is 16.0 Å². The lowest BCUT2D eigenvalue weighted by atomic mass is 10.1. The van der Waals surface area contributed by atoms with Crippen molar-refractivity contribution in [2.24, 2.45) is 0 Å². The van der Waals surface area contributed by atoms with E-state index in [1.807, 2.05) is 11.5 Å². The Labute approximate surface area is 175 Å². The van der Waals surface area contributed by atoms with Crippen LogP contribution in [0.3, 0.4) is 0 Å². The van der Waals surface area contributed by atoms with Gasteiger partial charge in [-0.1, -0.05) is 23.9 Å². The predicted molar refractivity (Wildman–Crippen MR) is 105 cm³/mol. The van der Waals surface area contributed by atoms with E-state index in [0.717, 1.165) is 30.4 Å². The monoisotopic (exact) mass is 439 g/mol. The number of carbonyl (C=O) groups excluding carboxylic acids is 2. The minimum Gasteiger partial charge on any atom is -0.324 e. The maximum absolute atomic E-state index is 13.8. The lowest BCUT2D eigenvalue weighted by Crippen LogP contribution is -2.50. The van der Waals surface area contributed by atoms with Crippen LogP contribution < -0.4 is 10.2 Å². The number of benzene rings is 1. The first-order valence-electron chi connectivity index (χ1n) is 9.63. The molecule has 1 aliphatic carbocycles. The molecule has 0 bridgehead atoms. The number of hydrogen-bond acceptors (Lipinski definition) is 5. The number of aromatic nitrogens is 3. The molecule has 160 valence electrons. The molecule has 30 heavy (non-hydrogen) atoms. The quantitative estimate of drug-likeness (QED) is 0.721. The number of anilines is 2. The highest BCUT2D eigenvalue weighted by Crippen LogP contribution is 2.41. The predicted octanol–water partition coefficient (Wildman–Crippen LogP) is 3.57. The van der Waals surface area contributed by atoms with Crippen molar-refractivity contribution in [2.45, 2.75) is 56.0 Å². The van der Waals surface area contributed by atoms with Crippen LogP contribution in [0.5, 0.6) is 0 Å². The highest BCUT2D eigenvalue weighted by molar-refractivity contribution is 7.99. The average Bonchev–Trinajstić information content (AvgIpc) is 3.47. The molecule has 1 aromatic heterocycles. The van der Waals surface area contributed by atoms with Crippen LogP contribution >= 0.6 is 11.8 Å². The molecule has 1 saturated carbocycles. The summed E-state index contributed by atoms with van der Waals surface area (Å²) in [4.78, 5) is 25.7. The number of thioether (sulfide) groups is 1. The number of nitrogens with zero attached hydrogens (tertiary/aromatic N) is 4. The Morgan fingerprint density at radius 2 is 2.00 bits per heavy atom. The van der Waals surface area contributed by atoms with Crippen molar-refractivity contribution in [1.29, 1.82) is 0 Å². The van der Waals surface area contributed by atoms with E-state index in [-0.39, 0.29) is 17.1 Å². The van der Waals surface area contributed by atoms with Gasteiger partial charge in [0.25, 0.3) is 0 Å². The molecule has 1 aromatic carbocycles. The highest BCUT2D eigenvalue weighted by Gasteiger charge is 2.49. The lowest BCUT2D eigenvalue weighted by Gasteiger charge is -2.31. The van der Waals surface area contributed by atoms with Gasteiger partial charge in [0.1, 0.15) is 11.9 Å². The van der Waals surface area contributed by atoms with Gasteiger partial charge < -0.3 is 9.88 Å². The molecule has 2 amide bonds. The number of halogens is 3. The van der Waals surface area contributed by atoms with Gasteiger partial charge in [0.2, 0.25) is 11.8 Å². The van der Waals surface area contributed by atoms with Gasteiger partial charge in [-0.05, 0) is 31.9 Å². The summed E-state index contributed by atoms with van der Waals surface area (Å²) in [5, 5.41) is 11.3. The van der Waals surface area contributed by atoms with Crippen molar-refractivity contribution in [3.05, 3.63) is 30.1 Å². The molecule has 1 atom stereocenters. The Hall–Kier alpha value is -2.56. The molecule has 1 aliphatic heterocycles. The maximum atomic E-state index is 13.8. The smallest absolute Gasteiger partial charge is 0.324 e. The molecule has 2 aliphatic rings. The Bertz CT molecular complexity index is 973. The molecule has 0 radical (unpaired) electrons. The molecule has 7 nitrogen and oxygen atoms in total. The van der Waals surface area contributed by atoms with Crippen LogP contribution in [0, 0.1) is 0 Å². The van der Waals surface area contributed by atoms with Crippen LogP contribution in [-0.4, -0.2) is 44.5 Å². The lowest BCUT2D eigenvalue weighted by molar-refractivity contribution is -0.157. The minimum absolute atomic E-state index is 0.0342. The number of hydrogen-bond donors (Lipinski definition) is 1. The second kappa shape index (κ2) is 7.93. The average molecular weight is 439 g/mol. The third kappa shape index (κ3) is 4.03. The zero-order chi connectivity index (χ0) is 21.5. The standard InChI is InChI=1S/C19H20F3N5O2S/c1-2-26-17(11-7-8-11)24-25-18(26)30-10-16(29)27-13-6-4-3-5-12(13)23-15(28)9-14(27)19(20,21)22/h3-6,11,14H,2,7-10H2,1H3,(H,23,28). The largest absolute Gasteiger partial charge is 0.409 e. The molecule has 2 aromatic rings. The van der Waals surface area contributed by atoms with Gasteiger partial charge in [0.05, 0.1) is 23.5 Å². The van der Waals surface area contributed by atoms with Crippen LogP contribution in [0.4, 0.5) is 24.5 Å². The van der Waals surface area contributed by atoms with E-state index in [0.29, 0.717) is 22.5 Å². The fourth-order valence-electron chi connectivity index (χ4n) is 3.54. The summed E-state index contributed by atoms with van der Waals surface area (Å²) < 4.78 is 43.2. The zero-order valence-electron chi connectivity index (χ0n) is 16.1. The summed E-state index contributed by atoms with van der Waals surface area (Å²) in [5.74, 6) is -0.558. The van der Waals surface area contributed by atoms with E-state index in [1.165, 1.54) is 18.2 Å². The van der Waals surface area contributed by atoms with E-state index < -0.39 is 30.5 Å². The van der Waals surface area contributed by atoms with Gasteiger partial charge in [-0.3, -0.25) is 14.5 Å². The molecule has 11 heteroatoms. The maximum Gasteiger partial charge on any atom is 0.409 e.